The molecule has 0 saturated carbocycles. The van der Waals surface area contributed by atoms with Crippen LogP contribution in [0.25, 0.3) is 22.3 Å². The van der Waals surface area contributed by atoms with Gasteiger partial charge in [-0.05, 0) is 84.0 Å². The highest BCUT2D eigenvalue weighted by Gasteiger charge is 2.32. The van der Waals surface area contributed by atoms with Crippen molar-refractivity contribution in [3.8, 4) is 39.5 Å². The standard InChI is InChI=1S/C33H34O4/c1-20-11-16-26(36-18-27-19-37-27)17-28(20)30-22(3)31(33(4,5)24-12-14-25(34)15-13-24)21(2)29(32(30)35)23-9-7-6-8-10-23/h6-17,27,34-35H,18-19H2,1-5H3. The molecule has 190 valence electrons. The Labute approximate surface area is 219 Å². The van der Waals surface area contributed by atoms with E-state index in [1.54, 1.807) is 12.1 Å². The second kappa shape index (κ2) is 9.60. The van der Waals surface area contributed by atoms with Crippen LogP contribution in [0, 0.1) is 20.8 Å². The molecule has 0 aliphatic carbocycles. The molecular formula is C33H34O4. The number of aryl methyl sites for hydroxylation is 1. The first-order valence-electron chi connectivity index (χ1n) is 12.8. The zero-order chi connectivity index (χ0) is 26.3. The Morgan fingerprint density at radius 3 is 2.16 bits per heavy atom. The minimum atomic E-state index is -0.390. The van der Waals surface area contributed by atoms with E-state index in [0.29, 0.717) is 6.61 Å². The van der Waals surface area contributed by atoms with Crippen LogP contribution in [0.4, 0.5) is 0 Å². The minimum absolute atomic E-state index is 0.168. The Kier molecular flexibility index (Phi) is 6.47. The number of rotatable bonds is 7. The molecule has 37 heavy (non-hydrogen) atoms. The van der Waals surface area contributed by atoms with Gasteiger partial charge in [0.05, 0.1) is 6.61 Å². The fourth-order valence-corrected chi connectivity index (χ4v) is 5.57. The molecule has 0 spiro atoms. The monoisotopic (exact) mass is 494 g/mol. The maximum absolute atomic E-state index is 11.9. The lowest BCUT2D eigenvalue weighted by Gasteiger charge is -2.33. The Hall–Kier alpha value is -3.76. The molecule has 0 amide bonds. The topological polar surface area (TPSA) is 62.2 Å². The van der Waals surface area contributed by atoms with Crippen molar-refractivity contribution in [2.45, 2.75) is 46.1 Å². The van der Waals surface area contributed by atoms with Crippen LogP contribution in [0.3, 0.4) is 0 Å². The van der Waals surface area contributed by atoms with Crippen molar-refractivity contribution < 1.29 is 19.7 Å². The molecule has 0 radical (unpaired) electrons. The van der Waals surface area contributed by atoms with E-state index in [9.17, 15) is 10.2 Å². The van der Waals surface area contributed by atoms with E-state index in [-0.39, 0.29) is 23.0 Å². The molecule has 1 heterocycles. The third kappa shape index (κ3) is 4.70. The summed E-state index contributed by atoms with van der Waals surface area (Å²) in [5, 5.41) is 21.8. The van der Waals surface area contributed by atoms with Crippen molar-refractivity contribution >= 4 is 0 Å². The fraction of sp³-hybridized carbons (Fsp3) is 0.273. The third-order valence-electron chi connectivity index (χ3n) is 7.57. The molecule has 1 aliphatic heterocycles. The van der Waals surface area contributed by atoms with E-state index in [4.69, 9.17) is 9.47 Å². The van der Waals surface area contributed by atoms with Crippen LogP contribution in [-0.4, -0.2) is 29.5 Å². The fourth-order valence-electron chi connectivity index (χ4n) is 5.57. The lowest BCUT2D eigenvalue weighted by Crippen LogP contribution is -2.23. The lowest BCUT2D eigenvalue weighted by atomic mass is 9.71. The number of aromatic hydroxyl groups is 2. The smallest absolute Gasteiger partial charge is 0.131 e. The van der Waals surface area contributed by atoms with E-state index in [1.807, 2.05) is 60.7 Å². The molecule has 1 unspecified atom stereocenters. The summed E-state index contributed by atoms with van der Waals surface area (Å²) in [6.07, 6.45) is 0.168. The van der Waals surface area contributed by atoms with E-state index < -0.39 is 0 Å². The summed E-state index contributed by atoms with van der Waals surface area (Å²) in [5.41, 5.74) is 8.55. The van der Waals surface area contributed by atoms with Gasteiger partial charge in [0.2, 0.25) is 0 Å². The molecule has 4 aromatic rings. The highest BCUT2D eigenvalue weighted by Crippen LogP contribution is 2.50. The molecule has 1 aliphatic rings. The number of epoxide rings is 1. The summed E-state index contributed by atoms with van der Waals surface area (Å²) >= 11 is 0. The van der Waals surface area contributed by atoms with E-state index in [0.717, 1.165) is 62.4 Å². The van der Waals surface area contributed by atoms with Crippen LogP contribution in [0.15, 0.2) is 72.8 Å². The first-order chi connectivity index (χ1) is 17.7. The maximum atomic E-state index is 11.9. The molecule has 1 saturated heterocycles. The lowest BCUT2D eigenvalue weighted by molar-refractivity contribution is 0.263. The summed E-state index contributed by atoms with van der Waals surface area (Å²) in [7, 11) is 0. The first-order valence-corrected chi connectivity index (χ1v) is 12.8. The van der Waals surface area contributed by atoms with Crippen molar-refractivity contribution in [1.29, 1.82) is 0 Å². The van der Waals surface area contributed by atoms with Gasteiger partial charge in [-0.25, -0.2) is 0 Å². The zero-order valence-electron chi connectivity index (χ0n) is 22.1. The number of benzene rings is 4. The normalized spacial score (nSPS) is 15.0. The Bertz CT molecular complexity index is 1430. The predicted molar refractivity (Wildman–Crippen MR) is 149 cm³/mol. The third-order valence-corrected chi connectivity index (χ3v) is 7.57. The average Bonchev–Trinajstić information content (AvgIpc) is 3.70. The summed E-state index contributed by atoms with van der Waals surface area (Å²) in [5.74, 6) is 1.28. The zero-order valence-corrected chi connectivity index (χ0v) is 22.1. The Morgan fingerprint density at radius 2 is 1.51 bits per heavy atom. The van der Waals surface area contributed by atoms with Gasteiger partial charge in [-0.2, -0.15) is 0 Å². The molecule has 4 heteroatoms. The maximum Gasteiger partial charge on any atom is 0.131 e. The van der Waals surface area contributed by atoms with Gasteiger partial charge >= 0.3 is 0 Å². The molecule has 0 aromatic heterocycles. The second-order valence-electron chi connectivity index (χ2n) is 10.5. The molecule has 1 fully saturated rings. The largest absolute Gasteiger partial charge is 0.508 e. The van der Waals surface area contributed by atoms with Gasteiger partial charge in [-0.15, -0.1) is 0 Å². The van der Waals surface area contributed by atoms with Gasteiger partial charge in [0.15, 0.2) is 0 Å². The summed E-state index contributed by atoms with van der Waals surface area (Å²) < 4.78 is 11.3. The van der Waals surface area contributed by atoms with Crippen LogP contribution in [0.5, 0.6) is 17.2 Å². The summed E-state index contributed by atoms with van der Waals surface area (Å²) in [6, 6.07) is 23.5. The summed E-state index contributed by atoms with van der Waals surface area (Å²) in [6.45, 7) is 11.9. The summed E-state index contributed by atoms with van der Waals surface area (Å²) in [4.78, 5) is 0. The number of hydrogen-bond acceptors (Lipinski definition) is 4. The quantitative estimate of drug-likeness (QED) is 0.262. The minimum Gasteiger partial charge on any atom is -0.508 e. The van der Waals surface area contributed by atoms with Crippen molar-refractivity contribution in [1.82, 2.24) is 0 Å². The molecular weight excluding hydrogens is 460 g/mol. The molecule has 4 nitrogen and oxygen atoms in total. The van der Waals surface area contributed by atoms with Gasteiger partial charge < -0.3 is 19.7 Å². The number of ether oxygens (including phenoxy) is 2. The molecule has 1 atom stereocenters. The molecule has 2 N–H and O–H groups in total. The predicted octanol–water partition coefficient (Wildman–Crippen LogP) is 7.46. The Morgan fingerprint density at radius 1 is 0.865 bits per heavy atom. The van der Waals surface area contributed by atoms with Gasteiger partial charge in [0.1, 0.15) is 30.0 Å². The SMILES string of the molecule is Cc1ccc(OCC2CO2)cc1-c1c(C)c(C(C)(C)c2ccc(O)cc2)c(C)c(-c2ccccc2)c1O. The second-order valence-corrected chi connectivity index (χ2v) is 10.5. The van der Waals surface area contributed by atoms with Gasteiger partial charge in [0, 0.05) is 16.5 Å². The van der Waals surface area contributed by atoms with Crippen LogP contribution in [0.1, 0.15) is 41.7 Å². The highest BCUT2D eigenvalue weighted by molar-refractivity contribution is 5.89. The highest BCUT2D eigenvalue weighted by atomic mass is 16.6. The van der Waals surface area contributed by atoms with Gasteiger partial charge in [-0.3, -0.25) is 0 Å². The van der Waals surface area contributed by atoms with Crippen LogP contribution < -0.4 is 4.74 Å². The number of phenols is 2. The van der Waals surface area contributed by atoms with Crippen LogP contribution in [-0.2, 0) is 10.2 Å². The average molecular weight is 495 g/mol. The van der Waals surface area contributed by atoms with Gasteiger partial charge in [0.25, 0.3) is 0 Å². The van der Waals surface area contributed by atoms with Crippen LogP contribution >= 0.6 is 0 Å². The van der Waals surface area contributed by atoms with Crippen molar-refractivity contribution in [2.24, 2.45) is 0 Å². The van der Waals surface area contributed by atoms with E-state index in [2.05, 4.69) is 34.6 Å². The van der Waals surface area contributed by atoms with Gasteiger partial charge in [-0.1, -0.05) is 62.4 Å². The van der Waals surface area contributed by atoms with E-state index >= 15 is 0 Å². The van der Waals surface area contributed by atoms with Crippen molar-refractivity contribution in [2.75, 3.05) is 13.2 Å². The van der Waals surface area contributed by atoms with Crippen LogP contribution in [0.2, 0.25) is 0 Å². The van der Waals surface area contributed by atoms with Crippen molar-refractivity contribution in [3.63, 3.8) is 0 Å². The molecule has 5 rings (SSSR count). The Balaban J connectivity index is 1.77. The number of phenolic OH excluding ortho intramolecular Hbond substituents is 2. The van der Waals surface area contributed by atoms with E-state index in [1.165, 1.54) is 0 Å². The number of hydrogen-bond donors (Lipinski definition) is 2. The molecule has 4 aromatic carbocycles. The first kappa shape index (κ1) is 24.9. The molecule has 0 bridgehead atoms. The van der Waals surface area contributed by atoms with Crippen molar-refractivity contribution in [3.05, 3.63) is 101 Å².